The predicted molar refractivity (Wildman–Crippen MR) is 114 cm³/mol. The zero-order chi connectivity index (χ0) is 21.6. The van der Waals surface area contributed by atoms with Crippen LogP contribution in [-0.2, 0) is 9.47 Å². The molecule has 0 spiro atoms. The molecule has 0 aliphatic heterocycles. The molecule has 0 radical (unpaired) electrons. The highest BCUT2D eigenvalue weighted by molar-refractivity contribution is 5.92. The van der Waals surface area contributed by atoms with Crippen molar-refractivity contribution in [1.29, 1.82) is 0 Å². The summed E-state index contributed by atoms with van der Waals surface area (Å²) in [5.41, 5.74) is 0.835. The lowest BCUT2D eigenvalue weighted by molar-refractivity contribution is 0.0489. The Balaban J connectivity index is 1.80. The molecule has 162 valence electrons. The molecule has 2 aromatic carbocycles. The number of esters is 2. The molecule has 0 heterocycles. The Morgan fingerprint density at radius 1 is 0.700 bits per heavy atom. The lowest BCUT2D eigenvalue weighted by Crippen LogP contribution is -2.09. The second kappa shape index (κ2) is 13.4. The summed E-state index contributed by atoms with van der Waals surface area (Å²) < 4.78 is 21.2. The maximum Gasteiger partial charge on any atom is 0.343 e. The number of hydrogen-bond donors (Lipinski definition) is 0. The van der Waals surface area contributed by atoms with Crippen molar-refractivity contribution < 1.29 is 28.5 Å². The standard InChI is InChI=1S/C24H30O6/c1-3-4-5-17-28-21-12-8-20(9-13-21)24(26)30-22-14-10-19(11-15-22)23(25)29-18-7-6-16-27-2/h8-15H,3-7,16-18H2,1-2H3. The smallest absolute Gasteiger partial charge is 0.343 e. The van der Waals surface area contributed by atoms with E-state index in [0.717, 1.165) is 37.9 Å². The molecule has 2 rings (SSSR count). The number of rotatable bonds is 13. The third-order valence-electron chi connectivity index (χ3n) is 4.38. The lowest BCUT2D eigenvalue weighted by atomic mass is 10.2. The molecule has 0 fully saturated rings. The first-order chi connectivity index (χ1) is 14.6. The Morgan fingerprint density at radius 3 is 1.90 bits per heavy atom. The summed E-state index contributed by atoms with van der Waals surface area (Å²) in [6, 6.07) is 13.2. The Kier molecular flexibility index (Phi) is 10.4. The summed E-state index contributed by atoms with van der Waals surface area (Å²) in [6.45, 7) is 3.80. The van der Waals surface area contributed by atoms with E-state index in [4.69, 9.17) is 18.9 Å². The summed E-state index contributed by atoms with van der Waals surface area (Å²) in [5, 5.41) is 0. The van der Waals surface area contributed by atoms with Gasteiger partial charge in [-0.25, -0.2) is 9.59 Å². The number of benzene rings is 2. The van der Waals surface area contributed by atoms with Crippen molar-refractivity contribution in [3.8, 4) is 11.5 Å². The molecule has 30 heavy (non-hydrogen) atoms. The fourth-order valence-corrected chi connectivity index (χ4v) is 2.65. The molecule has 0 N–H and O–H groups in total. The van der Waals surface area contributed by atoms with E-state index in [1.54, 1.807) is 55.6 Å². The van der Waals surface area contributed by atoms with E-state index in [1.807, 2.05) is 0 Å². The van der Waals surface area contributed by atoms with Gasteiger partial charge in [-0.3, -0.25) is 0 Å². The average molecular weight is 414 g/mol. The first-order valence-corrected chi connectivity index (χ1v) is 10.3. The summed E-state index contributed by atoms with van der Waals surface area (Å²) in [4.78, 5) is 24.3. The minimum Gasteiger partial charge on any atom is -0.494 e. The quantitative estimate of drug-likeness (QED) is 0.259. The Labute approximate surface area is 178 Å². The fourth-order valence-electron chi connectivity index (χ4n) is 2.65. The van der Waals surface area contributed by atoms with Crippen molar-refractivity contribution in [1.82, 2.24) is 0 Å². The molecule has 0 saturated heterocycles. The van der Waals surface area contributed by atoms with Crippen LogP contribution >= 0.6 is 0 Å². The van der Waals surface area contributed by atoms with Gasteiger partial charge >= 0.3 is 11.9 Å². The molecule has 0 atom stereocenters. The monoisotopic (exact) mass is 414 g/mol. The van der Waals surface area contributed by atoms with Crippen LogP contribution in [-0.4, -0.2) is 38.9 Å². The van der Waals surface area contributed by atoms with E-state index in [9.17, 15) is 9.59 Å². The third-order valence-corrected chi connectivity index (χ3v) is 4.38. The van der Waals surface area contributed by atoms with E-state index in [1.165, 1.54) is 0 Å². The number of hydrogen-bond acceptors (Lipinski definition) is 6. The Morgan fingerprint density at radius 2 is 1.27 bits per heavy atom. The number of ether oxygens (including phenoxy) is 4. The summed E-state index contributed by atoms with van der Waals surface area (Å²) in [7, 11) is 1.64. The highest BCUT2D eigenvalue weighted by Crippen LogP contribution is 2.17. The highest BCUT2D eigenvalue weighted by atomic mass is 16.5. The van der Waals surface area contributed by atoms with Gasteiger partial charge in [0.1, 0.15) is 11.5 Å². The van der Waals surface area contributed by atoms with E-state index < -0.39 is 11.9 Å². The topological polar surface area (TPSA) is 71.1 Å². The molecule has 0 saturated carbocycles. The first kappa shape index (κ1) is 23.4. The largest absolute Gasteiger partial charge is 0.494 e. The van der Waals surface area contributed by atoms with Gasteiger partial charge < -0.3 is 18.9 Å². The SMILES string of the molecule is CCCCCOc1ccc(C(=O)Oc2ccc(C(=O)OCCCCOC)cc2)cc1. The molecule has 0 amide bonds. The van der Waals surface area contributed by atoms with Crippen LogP contribution in [0.4, 0.5) is 0 Å². The zero-order valence-electron chi connectivity index (χ0n) is 17.7. The highest BCUT2D eigenvalue weighted by Gasteiger charge is 2.11. The van der Waals surface area contributed by atoms with Gasteiger partial charge in [0.2, 0.25) is 0 Å². The van der Waals surface area contributed by atoms with Gasteiger partial charge in [0, 0.05) is 13.7 Å². The number of methoxy groups -OCH3 is 1. The minimum absolute atomic E-state index is 0.344. The van der Waals surface area contributed by atoms with Gasteiger partial charge in [-0.05, 0) is 67.8 Å². The summed E-state index contributed by atoms with van der Waals surface area (Å²) in [6.07, 6.45) is 4.88. The van der Waals surface area contributed by atoms with Gasteiger partial charge in [-0.1, -0.05) is 19.8 Å². The van der Waals surface area contributed by atoms with Crippen LogP contribution < -0.4 is 9.47 Å². The zero-order valence-corrected chi connectivity index (χ0v) is 17.7. The van der Waals surface area contributed by atoms with Crippen molar-refractivity contribution in [3.63, 3.8) is 0 Å². The Hall–Kier alpha value is -2.86. The van der Waals surface area contributed by atoms with Crippen molar-refractivity contribution in [2.24, 2.45) is 0 Å². The van der Waals surface area contributed by atoms with Crippen LogP contribution in [0, 0.1) is 0 Å². The van der Waals surface area contributed by atoms with Crippen molar-refractivity contribution in [2.45, 2.75) is 39.0 Å². The van der Waals surface area contributed by atoms with E-state index in [0.29, 0.717) is 36.7 Å². The number of carbonyl (C=O) groups is 2. The van der Waals surface area contributed by atoms with E-state index in [-0.39, 0.29) is 0 Å². The van der Waals surface area contributed by atoms with Crippen LogP contribution in [0.5, 0.6) is 11.5 Å². The van der Waals surface area contributed by atoms with Gasteiger partial charge in [0.05, 0.1) is 24.3 Å². The minimum atomic E-state index is -0.471. The lowest BCUT2D eigenvalue weighted by Gasteiger charge is -2.08. The van der Waals surface area contributed by atoms with Crippen LogP contribution in [0.1, 0.15) is 59.7 Å². The van der Waals surface area contributed by atoms with Gasteiger partial charge in [0.25, 0.3) is 0 Å². The fraction of sp³-hybridized carbons (Fsp3) is 0.417. The average Bonchev–Trinajstić information content (AvgIpc) is 2.77. The molecule has 0 bridgehead atoms. The van der Waals surface area contributed by atoms with Gasteiger partial charge in [-0.15, -0.1) is 0 Å². The third kappa shape index (κ3) is 8.25. The second-order valence-corrected chi connectivity index (χ2v) is 6.83. The second-order valence-electron chi connectivity index (χ2n) is 6.83. The van der Waals surface area contributed by atoms with Crippen LogP contribution in [0.2, 0.25) is 0 Å². The molecule has 6 nitrogen and oxygen atoms in total. The number of carbonyl (C=O) groups excluding carboxylic acids is 2. The molecular weight excluding hydrogens is 384 g/mol. The van der Waals surface area contributed by atoms with Gasteiger partial charge in [0.15, 0.2) is 0 Å². The molecule has 0 aliphatic rings. The number of unbranched alkanes of at least 4 members (excludes halogenated alkanes) is 3. The van der Waals surface area contributed by atoms with Crippen LogP contribution in [0.15, 0.2) is 48.5 Å². The van der Waals surface area contributed by atoms with Crippen molar-refractivity contribution in [2.75, 3.05) is 26.9 Å². The molecule has 6 heteroatoms. The Bertz CT molecular complexity index is 767. The van der Waals surface area contributed by atoms with Gasteiger partial charge in [-0.2, -0.15) is 0 Å². The first-order valence-electron chi connectivity index (χ1n) is 10.3. The molecular formula is C24H30O6. The molecule has 0 aliphatic carbocycles. The summed E-state index contributed by atoms with van der Waals surface area (Å²) >= 11 is 0. The molecule has 0 unspecified atom stereocenters. The maximum absolute atomic E-state index is 12.3. The molecule has 0 aromatic heterocycles. The maximum atomic E-state index is 12.3. The summed E-state index contributed by atoms with van der Waals surface area (Å²) in [5.74, 6) is 0.213. The van der Waals surface area contributed by atoms with Crippen LogP contribution in [0.3, 0.4) is 0 Å². The molecule has 2 aromatic rings. The van der Waals surface area contributed by atoms with Crippen molar-refractivity contribution >= 4 is 11.9 Å². The normalized spacial score (nSPS) is 10.5. The van der Waals surface area contributed by atoms with Crippen LogP contribution in [0.25, 0.3) is 0 Å². The predicted octanol–water partition coefficient (Wildman–Crippen LogP) is 5.06. The van der Waals surface area contributed by atoms with E-state index in [2.05, 4.69) is 6.92 Å². The van der Waals surface area contributed by atoms with Crippen molar-refractivity contribution in [3.05, 3.63) is 59.7 Å². The van der Waals surface area contributed by atoms with E-state index >= 15 is 0 Å².